The Morgan fingerprint density at radius 2 is 1.81 bits per heavy atom. The lowest BCUT2D eigenvalue weighted by molar-refractivity contribution is -0.341. The van der Waals surface area contributed by atoms with E-state index >= 15 is 0 Å². The van der Waals surface area contributed by atoms with Crippen LogP contribution in [0.3, 0.4) is 0 Å². The standard InChI is InChI=1S/C10H9F3O3/c1-15-9(14)8(16-10(11,12)13)7-5-3-2-4-6-7/h2-6,8H,1H3. The molecule has 0 aromatic heterocycles. The molecule has 0 spiro atoms. The van der Waals surface area contributed by atoms with Crippen LogP contribution in [0.5, 0.6) is 0 Å². The van der Waals surface area contributed by atoms with E-state index in [0.29, 0.717) is 0 Å². The van der Waals surface area contributed by atoms with Gasteiger partial charge >= 0.3 is 12.3 Å². The Hall–Kier alpha value is -1.56. The zero-order chi connectivity index (χ0) is 12.2. The average Bonchev–Trinajstić information content (AvgIpc) is 2.25. The third-order valence-electron chi connectivity index (χ3n) is 1.77. The van der Waals surface area contributed by atoms with Crippen LogP contribution >= 0.6 is 0 Å². The van der Waals surface area contributed by atoms with Crippen molar-refractivity contribution in [2.24, 2.45) is 0 Å². The minimum Gasteiger partial charge on any atom is -0.467 e. The largest absolute Gasteiger partial charge is 0.523 e. The van der Waals surface area contributed by atoms with E-state index < -0.39 is 18.4 Å². The third kappa shape index (κ3) is 3.54. The van der Waals surface area contributed by atoms with Crippen molar-refractivity contribution >= 4 is 5.97 Å². The van der Waals surface area contributed by atoms with Crippen molar-refractivity contribution in [3.05, 3.63) is 35.9 Å². The number of alkyl halides is 3. The molecule has 0 fully saturated rings. The Bertz CT molecular complexity index is 348. The van der Waals surface area contributed by atoms with Crippen LogP contribution < -0.4 is 0 Å². The van der Waals surface area contributed by atoms with Gasteiger partial charge in [0, 0.05) is 0 Å². The van der Waals surface area contributed by atoms with Gasteiger partial charge in [0.25, 0.3) is 0 Å². The summed E-state index contributed by atoms with van der Waals surface area (Å²) in [6.07, 6.45) is -6.68. The molecule has 6 heteroatoms. The quantitative estimate of drug-likeness (QED) is 0.753. The summed E-state index contributed by atoms with van der Waals surface area (Å²) in [5.41, 5.74) is 0.0895. The molecule has 88 valence electrons. The number of carbonyl (C=O) groups excluding carboxylic acids is 1. The molecule has 0 saturated carbocycles. The van der Waals surface area contributed by atoms with Crippen LogP contribution in [-0.4, -0.2) is 19.4 Å². The van der Waals surface area contributed by atoms with Crippen LogP contribution in [0.2, 0.25) is 0 Å². The van der Waals surface area contributed by atoms with Crippen molar-refractivity contribution in [3.8, 4) is 0 Å². The van der Waals surface area contributed by atoms with Crippen molar-refractivity contribution in [1.82, 2.24) is 0 Å². The first-order chi connectivity index (χ1) is 7.44. The summed E-state index contributed by atoms with van der Waals surface area (Å²) in [5, 5.41) is 0. The minimum absolute atomic E-state index is 0.0895. The summed E-state index contributed by atoms with van der Waals surface area (Å²) < 4.78 is 44.1. The van der Waals surface area contributed by atoms with Crippen LogP contribution in [-0.2, 0) is 14.3 Å². The van der Waals surface area contributed by atoms with Crippen molar-refractivity contribution in [1.29, 1.82) is 0 Å². The molecule has 1 unspecified atom stereocenters. The van der Waals surface area contributed by atoms with Crippen LogP contribution in [0.4, 0.5) is 13.2 Å². The van der Waals surface area contributed by atoms with Crippen LogP contribution in [0, 0.1) is 0 Å². The molecule has 0 aliphatic carbocycles. The molecule has 0 radical (unpaired) electrons. The van der Waals surface area contributed by atoms with Gasteiger partial charge in [-0.1, -0.05) is 30.3 Å². The monoisotopic (exact) mass is 234 g/mol. The van der Waals surface area contributed by atoms with Crippen LogP contribution in [0.15, 0.2) is 30.3 Å². The van der Waals surface area contributed by atoms with E-state index in [1.54, 1.807) is 6.07 Å². The highest BCUT2D eigenvalue weighted by molar-refractivity contribution is 5.76. The second kappa shape index (κ2) is 4.98. The van der Waals surface area contributed by atoms with Gasteiger partial charge < -0.3 is 4.74 Å². The molecule has 1 aromatic rings. The second-order valence-electron chi connectivity index (χ2n) is 2.88. The number of methoxy groups -OCH3 is 1. The predicted molar refractivity (Wildman–Crippen MR) is 48.3 cm³/mol. The molecule has 0 amide bonds. The molecule has 3 nitrogen and oxygen atoms in total. The maximum atomic E-state index is 12.1. The summed E-state index contributed by atoms with van der Waals surface area (Å²) >= 11 is 0. The van der Waals surface area contributed by atoms with E-state index in [9.17, 15) is 18.0 Å². The molecule has 0 N–H and O–H groups in total. The molecule has 0 aliphatic heterocycles. The van der Waals surface area contributed by atoms with E-state index in [4.69, 9.17) is 0 Å². The molecule has 0 bridgehead atoms. The zero-order valence-electron chi connectivity index (χ0n) is 8.32. The molecular formula is C10H9F3O3. The van der Waals surface area contributed by atoms with E-state index in [1.807, 2.05) is 0 Å². The van der Waals surface area contributed by atoms with Crippen molar-refractivity contribution in [3.63, 3.8) is 0 Å². The first-order valence-electron chi connectivity index (χ1n) is 4.31. The van der Waals surface area contributed by atoms with Gasteiger partial charge in [0.1, 0.15) is 0 Å². The topological polar surface area (TPSA) is 35.5 Å². The van der Waals surface area contributed by atoms with Gasteiger partial charge in [-0.3, -0.25) is 4.74 Å². The molecule has 0 aliphatic rings. The molecule has 0 saturated heterocycles. The molecular weight excluding hydrogens is 225 g/mol. The Labute approximate surface area is 89.8 Å². The summed E-state index contributed by atoms with van der Waals surface area (Å²) in [6, 6.07) is 7.34. The van der Waals surface area contributed by atoms with Crippen molar-refractivity contribution in [2.45, 2.75) is 12.5 Å². The molecule has 16 heavy (non-hydrogen) atoms. The average molecular weight is 234 g/mol. The third-order valence-corrected chi connectivity index (χ3v) is 1.77. The number of hydrogen-bond acceptors (Lipinski definition) is 3. The molecule has 1 aromatic carbocycles. The SMILES string of the molecule is COC(=O)C(OC(F)(F)F)c1ccccc1. The van der Waals surface area contributed by atoms with Crippen molar-refractivity contribution in [2.75, 3.05) is 7.11 Å². The fraction of sp³-hybridized carbons (Fsp3) is 0.300. The van der Waals surface area contributed by atoms with E-state index in [2.05, 4.69) is 9.47 Å². The Morgan fingerprint density at radius 1 is 1.25 bits per heavy atom. The lowest BCUT2D eigenvalue weighted by Crippen LogP contribution is -2.25. The van der Waals surface area contributed by atoms with Gasteiger partial charge in [0.2, 0.25) is 0 Å². The van der Waals surface area contributed by atoms with E-state index in [1.165, 1.54) is 24.3 Å². The Balaban J connectivity index is 2.93. The molecule has 1 rings (SSSR count). The number of esters is 1. The van der Waals surface area contributed by atoms with Crippen LogP contribution in [0.25, 0.3) is 0 Å². The fourth-order valence-electron chi connectivity index (χ4n) is 1.12. The highest BCUT2D eigenvalue weighted by Gasteiger charge is 2.38. The van der Waals surface area contributed by atoms with E-state index in [-0.39, 0.29) is 5.56 Å². The number of carbonyl (C=O) groups is 1. The van der Waals surface area contributed by atoms with Gasteiger partial charge in [-0.25, -0.2) is 4.79 Å². The predicted octanol–water partition coefficient (Wildman–Crippen LogP) is 2.44. The van der Waals surface area contributed by atoms with Crippen LogP contribution in [0.1, 0.15) is 11.7 Å². The molecule has 0 heterocycles. The molecule has 1 atom stereocenters. The summed E-state index contributed by atoms with van der Waals surface area (Å²) in [6.45, 7) is 0. The fourth-order valence-corrected chi connectivity index (χ4v) is 1.12. The number of ether oxygens (including phenoxy) is 2. The maximum Gasteiger partial charge on any atom is 0.523 e. The Kier molecular flexibility index (Phi) is 3.89. The first kappa shape index (κ1) is 12.5. The number of rotatable bonds is 3. The Morgan fingerprint density at radius 3 is 2.25 bits per heavy atom. The lowest BCUT2D eigenvalue weighted by atomic mass is 10.1. The number of hydrogen-bond donors (Lipinski definition) is 0. The van der Waals surface area contributed by atoms with E-state index in [0.717, 1.165) is 7.11 Å². The lowest BCUT2D eigenvalue weighted by Gasteiger charge is -2.17. The smallest absolute Gasteiger partial charge is 0.467 e. The van der Waals surface area contributed by atoms with Gasteiger partial charge in [-0.15, -0.1) is 13.2 Å². The number of benzene rings is 1. The highest BCUT2D eigenvalue weighted by Crippen LogP contribution is 2.28. The van der Waals surface area contributed by atoms with Gasteiger partial charge in [0.05, 0.1) is 7.11 Å². The zero-order valence-corrected chi connectivity index (χ0v) is 8.32. The van der Waals surface area contributed by atoms with Gasteiger partial charge in [0.15, 0.2) is 6.10 Å². The van der Waals surface area contributed by atoms with Crippen molar-refractivity contribution < 1.29 is 27.4 Å². The van der Waals surface area contributed by atoms with Gasteiger partial charge in [-0.2, -0.15) is 0 Å². The normalized spacial score (nSPS) is 13.2. The highest BCUT2D eigenvalue weighted by atomic mass is 19.4. The summed E-state index contributed by atoms with van der Waals surface area (Å²) in [4.78, 5) is 11.1. The number of halogens is 3. The maximum absolute atomic E-state index is 12.1. The summed E-state index contributed by atoms with van der Waals surface area (Å²) in [7, 11) is 0.998. The minimum atomic E-state index is -4.89. The first-order valence-corrected chi connectivity index (χ1v) is 4.31. The van der Waals surface area contributed by atoms with Gasteiger partial charge in [-0.05, 0) is 5.56 Å². The summed E-state index contributed by atoms with van der Waals surface area (Å²) in [5.74, 6) is -1.09. The second-order valence-corrected chi connectivity index (χ2v) is 2.88.